The second-order valence-electron chi connectivity index (χ2n) is 3.30. The minimum atomic E-state index is -0.326. The van der Waals surface area contributed by atoms with Gasteiger partial charge >= 0.3 is 0 Å². The minimum absolute atomic E-state index is 0.294. The van der Waals surface area contributed by atoms with Gasteiger partial charge in [0.05, 0.1) is 0 Å². The van der Waals surface area contributed by atoms with E-state index in [1.807, 2.05) is 14.0 Å². The maximum absolute atomic E-state index is 10.6. The van der Waals surface area contributed by atoms with Crippen LogP contribution < -0.4 is 16.4 Å². The van der Waals surface area contributed by atoms with Gasteiger partial charge < -0.3 is 16.4 Å². The van der Waals surface area contributed by atoms with E-state index in [1.54, 1.807) is 0 Å². The Morgan fingerprint density at radius 2 is 2.12 bits per heavy atom. The summed E-state index contributed by atoms with van der Waals surface area (Å²) in [7, 11) is 1.81. The van der Waals surface area contributed by atoms with E-state index in [0.717, 1.165) is 23.6 Å². The van der Waals surface area contributed by atoms with Crippen LogP contribution in [-0.4, -0.2) is 29.5 Å². The number of anilines is 2. The van der Waals surface area contributed by atoms with Crippen molar-refractivity contribution < 1.29 is 4.79 Å². The van der Waals surface area contributed by atoms with E-state index in [0.29, 0.717) is 13.0 Å². The molecule has 0 spiro atoms. The third kappa shape index (κ3) is 3.08. The number of hydrogen-bond acceptors (Lipinski definition) is 5. The van der Waals surface area contributed by atoms with Gasteiger partial charge in [-0.15, -0.1) is 0 Å². The minimum Gasteiger partial charge on any atom is -0.373 e. The summed E-state index contributed by atoms with van der Waals surface area (Å²) in [6.45, 7) is 2.52. The van der Waals surface area contributed by atoms with E-state index >= 15 is 0 Å². The Bertz CT molecular complexity index is 366. The Morgan fingerprint density at radius 3 is 2.69 bits per heavy atom. The zero-order chi connectivity index (χ0) is 12.0. The predicted molar refractivity (Wildman–Crippen MR) is 63.3 cm³/mol. The van der Waals surface area contributed by atoms with Crippen molar-refractivity contribution in [3.8, 4) is 0 Å². The fourth-order valence-electron chi connectivity index (χ4n) is 1.42. The maximum atomic E-state index is 10.6. The van der Waals surface area contributed by atoms with Crippen molar-refractivity contribution in [3.05, 3.63) is 11.9 Å². The van der Waals surface area contributed by atoms with Crippen LogP contribution in [0.3, 0.4) is 0 Å². The molecule has 0 saturated carbocycles. The molecule has 0 radical (unpaired) electrons. The van der Waals surface area contributed by atoms with Gasteiger partial charge in [-0.2, -0.15) is 0 Å². The highest BCUT2D eigenvalue weighted by Crippen LogP contribution is 2.19. The van der Waals surface area contributed by atoms with Crippen LogP contribution in [0.5, 0.6) is 0 Å². The van der Waals surface area contributed by atoms with E-state index in [9.17, 15) is 4.79 Å². The first-order chi connectivity index (χ1) is 7.69. The average molecular weight is 223 g/mol. The van der Waals surface area contributed by atoms with Crippen molar-refractivity contribution in [3.63, 3.8) is 0 Å². The SMILES string of the molecule is CCc1c(NC)ncnc1NCCC(N)=O. The van der Waals surface area contributed by atoms with E-state index < -0.39 is 0 Å². The van der Waals surface area contributed by atoms with Gasteiger partial charge in [-0.25, -0.2) is 9.97 Å². The second-order valence-corrected chi connectivity index (χ2v) is 3.30. The van der Waals surface area contributed by atoms with Crippen LogP contribution in [0, 0.1) is 0 Å². The lowest BCUT2D eigenvalue weighted by Gasteiger charge is -2.12. The number of nitrogens with zero attached hydrogens (tertiary/aromatic N) is 2. The molecule has 6 heteroatoms. The topological polar surface area (TPSA) is 92.9 Å². The number of carbonyl (C=O) groups is 1. The smallest absolute Gasteiger partial charge is 0.219 e. The monoisotopic (exact) mass is 223 g/mol. The molecule has 1 aromatic heterocycles. The standard InChI is InChI=1S/C10H17N5O/c1-3-7-9(12-2)14-6-15-10(7)13-5-4-8(11)16/h6H,3-5H2,1-2H3,(H2,11,16)(H2,12,13,14,15). The summed E-state index contributed by atoms with van der Waals surface area (Å²) in [6, 6.07) is 0. The quantitative estimate of drug-likeness (QED) is 0.648. The third-order valence-corrected chi connectivity index (χ3v) is 2.20. The van der Waals surface area contributed by atoms with Crippen molar-refractivity contribution in [2.75, 3.05) is 24.2 Å². The van der Waals surface area contributed by atoms with Crippen LogP contribution in [-0.2, 0) is 11.2 Å². The molecule has 4 N–H and O–H groups in total. The van der Waals surface area contributed by atoms with E-state index in [-0.39, 0.29) is 5.91 Å². The van der Waals surface area contributed by atoms with Gasteiger partial charge in [0, 0.05) is 25.6 Å². The molecule has 0 unspecified atom stereocenters. The Kier molecular flexibility index (Phi) is 4.50. The van der Waals surface area contributed by atoms with Crippen molar-refractivity contribution in [2.45, 2.75) is 19.8 Å². The van der Waals surface area contributed by atoms with Crippen molar-refractivity contribution >= 4 is 17.5 Å². The van der Waals surface area contributed by atoms with Crippen LogP contribution in [0.15, 0.2) is 6.33 Å². The fourth-order valence-corrected chi connectivity index (χ4v) is 1.42. The molecule has 1 heterocycles. The highest BCUT2D eigenvalue weighted by Gasteiger charge is 2.07. The van der Waals surface area contributed by atoms with Gasteiger partial charge in [0.1, 0.15) is 18.0 Å². The lowest BCUT2D eigenvalue weighted by molar-refractivity contribution is -0.117. The van der Waals surface area contributed by atoms with Crippen LogP contribution >= 0.6 is 0 Å². The summed E-state index contributed by atoms with van der Waals surface area (Å²) < 4.78 is 0. The number of rotatable bonds is 6. The summed E-state index contributed by atoms with van der Waals surface area (Å²) in [5, 5.41) is 6.08. The Labute approximate surface area is 94.7 Å². The first-order valence-electron chi connectivity index (χ1n) is 5.22. The van der Waals surface area contributed by atoms with E-state index in [2.05, 4.69) is 20.6 Å². The Balaban J connectivity index is 2.74. The molecule has 88 valence electrons. The summed E-state index contributed by atoms with van der Waals surface area (Å²) in [5.74, 6) is 1.23. The molecule has 0 saturated heterocycles. The van der Waals surface area contributed by atoms with Crippen LogP contribution in [0.2, 0.25) is 0 Å². The Hall–Kier alpha value is -1.85. The molecule has 0 aliphatic heterocycles. The van der Waals surface area contributed by atoms with Gasteiger partial charge in [0.25, 0.3) is 0 Å². The van der Waals surface area contributed by atoms with Gasteiger partial charge in [-0.3, -0.25) is 4.79 Å². The van der Waals surface area contributed by atoms with Gasteiger partial charge in [0.15, 0.2) is 0 Å². The summed E-state index contributed by atoms with van der Waals surface area (Å²) in [5.41, 5.74) is 6.07. The third-order valence-electron chi connectivity index (χ3n) is 2.20. The molecule has 16 heavy (non-hydrogen) atoms. The number of nitrogens with two attached hydrogens (primary N) is 1. The molecule has 0 fully saturated rings. The van der Waals surface area contributed by atoms with Gasteiger partial charge in [-0.05, 0) is 6.42 Å². The maximum Gasteiger partial charge on any atom is 0.219 e. The molecule has 1 aromatic rings. The lowest BCUT2D eigenvalue weighted by atomic mass is 10.2. The number of hydrogen-bond donors (Lipinski definition) is 3. The molecule has 0 atom stereocenters. The molecule has 6 nitrogen and oxygen atoms in total. The highest BCUT2D eigenvalue weighted by molar-refractivity contribution is 5.74. The molecular weight excluding hydrogens is 206 g/mol. The number of aromatic nitrogens is 2. The zero-order valence-corrected chi connectivity index (χ0v) is 9.58. The van der Waals surface area contributed by atoms with Gasteiger partial charge in [0.2, 0.25) is 5.91 Å². The summed E-state index contributed by atoms with van der Waals surface area (Å²) >= 11 is 0. The van der Waals surface area contributed by atoms with Crippen LogP contribution in [0.1, 0.15) is 18.9 Å². The molecule has 0 aliphatic carbocycles. The first kappa shape index (κ1) is 12.2. The Morgan fingerprint density at radius 1 is 1.44 bits per heavy atom. The lowest BCUT2D eigenvalue weighted by Crippen LogP contribution is -2.17. The molecular formula is C10H17N5O. The largest absolute Gasteiger partial charge is 0.373 e. The highest BCUT2D eigenvalue weighted by atomic mass is 16.1. The van der Waals surface area contributed by atoms with Gasteiger partial charge in [-0.1, -0.05) is 6.92 Å². The van der Waals surface area contributed by atoms with Crippen LogP contribution in [0.25, 0.3) is 0 Å². The first-order valence-corrected chi connectivity index (χ1v) is 5.22. The second kappa shape index (κ2) is 5.89. The molecule has 1 rings (SSSR count). The number of amides is 1. The average Bonchev–Trinajstić information content (AvgIpc) is 2.28. The number of nitrogens with one attached hydrogen (secondary N) is 2. The zero-order valence-electron chi connectivity index (χ0n) is 9.58. The van der Waals surface area contributed by atoms with Crippen LogP contribution in [0.4, 0.5) is 11.6 Å². The van der Waals surface area contributed by atoms with E-state index in [1.165, 1.54) is 6.33 Å². The van der Waals surface area contributed by atoms with Crippen molar-refractivity contribution in [1.82, 2.24) is 9.97 Å². The summed E-state index contributed by atoms with van der Waals surface area (Å²) in [6.07, 6.45) is 2.59. The van der Waals surface area contributed by atoms with Crippen molar-refractivity contribution in [1.29, 1.82) is 0 Å². The fraction of sp³-hybridized carbons (Fsp3) is 0.500. The molecule has 0 aromatic carbocycles. The predicted octanol–water partition coefficient (Wildman–Crippen LogP) is 0.368. The number of carbonyl (C=O) groups excluding carboxylic acids is 1. The van der Waals surface area contributed by atoms with Crippen molar-refractivity contribution in [2.24, 2.45) is 5.73 Å². The normalized spacial score (nSPS) is 9.88. The number of primary amides is 1. The molecule has 0 bridgehead atoms. The summed E-state index contributed by atoms with van der Waals surface area (Å²) in [4.78, 5) is 18.9. The molecule has 1 amide bonds. The van der Waals surface area contributed by atoms with E-state index in [4.69, 9.17) is 5.73 Å². The molecule has 0 aliphatic rings.